The molecule has 19 heavy (non-hydrogen) atoms. The van der Waals surface area contributed by atoms with Crippen molar-refractivity contribution in [2.24, 2.45) is 0 Å². The maximum atomic E-state index is 12.1. The summed E-state index contributed by atoms with van der Waals surface area (Å²) in [5.41, 5.74) is 1.98. The highest BCUT2D eigenvalue weighted by atomic mass is 79.9. The van der Waals surface area contributed by atoms with Gasteiger partial charge in [0.05, 0.1) is 11.3 Å². The van der Waals surface area contributed by atoms with Crippen LogP contribution in [-0.4, -0.2) is 10.9 Å². The van der Waals surface area contributed by atoms with Gasteiger partial charge in [0.15, 0.2) is 0 Å². The molecule has 0 aliphatic heterocycles. The Hall–Kier alpha value is -1.10. The second kappa shape index (κ2) is 5.90. The average Bonchev–Trinajstić information content (AvgIpc) is 2.34. The molecule has 2 rings (SSSR count). The highest BCUT2D eigenvalue weighted by Gasteiger charge is 2.13. The van der Waals surface area contributed by atoms with Crippen LogP contribution in [0.4, 0.5) is 5.69 Å². The molecule has 6 heteroatoms. The molecule has 3 nitrogen and oxygen atoms in total. The number of pyridine rings is 1. The van der Waals surface area contributed by atoms with E-state index >= 15 is 0 Å². The van der Waals surface area contributed by atoms with Crippen LogP contribution in [0.3, 0.4) is 0 Å². The van der Waals surface area contributed by atoms with Gasteiger partial charge in [-0.05, 0) is 46.6 Å². The Labute approximate surface area is 129 Å². The molecule has 0 unspecified atom stereocenters. The summed E-state index contributed by atoms with van der Waals surface area (Å²) in [6, 6.07) is 8.66. The minimum absolute atomic E-state index is 0.0776. The van der Waals surface area contributed by atoms with E-state index in [2.05, 4.69) is 26.2 Å². The fraction of sp³-hybridized carbons (Fsp3) is 0.0769. The zero-order chi connectivity index (χ0) is 14.0. The fourth-order valence-electron chi connectivity index (χ4n) is 1.52. The number of hydrogen-bond donors (Lipinski definition) is 1. The van der Waals surface area contributed by atoms with Crippen LogP contribution in [0.15, 0.2) is 34.8 Å². The van der Waals surface area contributed by atoms with Gasteiger partial charge in [-0.25, -0.2) is 4.98 Å². The third-order valence-corrected chi connectivity index (χ3v) is 4.05. The zero-order valence-electron chi connectivity index (χ0n) is 9.88. The summed E-state index contributed by atoms with van der Waals surface area (Å²) in [7, 11) is 0. The van der Waals surface area contributed by atoms with Gasteiger partial charge in [0.1, 0.15) is 10.3 Å². The van der Waals surface area contributed by atoms with Crippen molar-refractivity contribution in [2.75, 3.05) is 5.32 Å². The van der Waals surface area contributed by atoms with E-state index in [4.69, 9.17) is 23.2 Å². The van der Waals surface area contributed by atoms with Crippen molar-refractivity contribution in [1.82, 2.24) is 4.98 Å². The number of anilines is 1. The second-order valence-electron chi connectivity index (χ2n) is 3.86. The molecule has 0 saturated heterocycles. The summed E-state index contributed by atoms with van der Waals surface area (Å²) in [6.45, 7) is 1.94. The number of aromatic nitrogens is 1. The lowest BCUT2D eigenvalue weighted by atomic mass is 10.2. The molecular formula is C13H9BrCl2N2O. The number of nitrogens with one attached hydrogen (secondary N) is 1. The number of carbonyl (C=O) groups is 1. The molecule has 1 N–H and O–H groups in total. The monoisotopic (exact) mass is 358 g/mol. The van der Waals surface area contributed by atoms with E-state index in [1.54, 1.807) is 6.07 Å². The number of amides is 1. The Morgan fingerprint density at radius 3 is 2.68 bits per heavy atom. The van der Waals surface area contributed by atoms with Crippen LogP contribution in [0.2, 0.25) is 10.3 Å². The largest absolute Gasteiger partial charge is 0.321 e. The van der Waals surface area contributed by atoms with Gasteiger partial charge in [-0.15, -0.1) is 0 Å². The van der Waals surface area contributed by atoms with E-state index in [9.17, 15) is 4.79 Å². The first-order valence-corrected chi connectivity index (χ1v) is 6.92. The number of aryl methyl sites for hydroxylation is 1. The van der Waals surface area contributed by atoms with Crippen molar-refractivity contribution >= 4 is 50.7 Å². The SMILES string of the molecule is Cc1cccc(NC(=O)c2ccc(Cl)nc2Cl)c1Br. The lowest BCUT2D eigenvalue weighted by molar-refractivity contribution is 0.102. The maximum absolute atomic E-state index is 12.1. The lowest BCUT2D eigenvalue weighted by Crippen LogP contribution is -2.13. The molecular weight excluding hydrogens is 351 g/mol. The third kappa shape index (κ3) is 3.26. The maximum Gasteiger partial charge on any atom is 0.258 e. The summed E-state index contributed by atoms with van der Waals surface area (Å²) >= 11 is 15.0. The van der Waals surface area contributed by atoms with Crippen LogP contribution in [0.5, 0.6) is 0 Å². The van der Waals surface area contributed by atoms with Crippen LogP contribution in [0.1, 0.15) is 15.9 Å². The molecule has 98 valence electrons. The van der Waals surface area contributed by atoms with E-state index in [0.29, 0.717) is 5.69 Å². The van der Waals surface area contributed by atoms with Gasteiger partial charge in [-0.3, -0.25) is 4.79 Å². The van der Waals surface area contributed by atoms with Crippen molar-refractivity contribution in [3.8, 4) is 0 Å². The first-order chi connectivity index (χ1) is 8.99. The average molecular weight is 360 g/mol. The number of halogens is 3. The van der Waals surface area contributed by atoms with Crippen LogP contribution in [-0.2, 0) is 0 Å². The summed E-state index contributed by atoms with van der Waals surface area (Å²) in [4.78, 5) is 15.9. The lowest BCUT2D eigenvalue weighted by Gasteiger charge is -2.09. The minimum Gasteiger partial charge on any atom is -0.321 e. The van der Waals surface area contributed by atoms with Crippen LogP contribution >= 0.6 is 39.1 Å². The van der Waals surface area contributed by atoms with E-state index in [1.807, 2.05) is 19.1 Å². The summed E-state index contributed by atoms with van der Waals surface area (Å²) < 4.78 is 0.835. The second-order valence-corrected chi connectivity index (χ2v) is 5.40. The van der Waals surface area contributed by atoms with E-state index in [-0.39, 0.29) is 21.8 Å². The predicted molar refractivity (Wildman–Crippen MR) is 81.1 cm³/mol. The van der Waals surface area contributed by atoms with Crippen LogP contribution < -0.4 is 5.32 Å². The van der Waals surface area contributed by atoms with Crippen molar-refractivity contribution in [1.29, 1.82) is 0 Å². The van der Waals surface area contributed by atoms with Crippen molar-refractivity contribution in [3.63, 3.8) is 0 Å². The fourth-order valence-corrected chi connectivity index (χ4v) is 2.31. The smallest absolute Gasteiger partial charge is 0.258 e. The van der Waals surface area contributed by atoms with Gasteiger partial charge in [-0.2, -0.15) is 0 Å². The first kappa shape index (κ1) is 14.3. The Morgan fingerprint density at radius 1 is 1.26 bits per heavy atom. The summed E-state index contributed by atoms with van der Waals surface area (Å²) in [5.74, 6) is -0.333. The molecule has 0 aliphatic carbocycles. The highest BCUT2D eigenvalue weighted by molar-refractivity contribution is 9.10. The molecule has 0 saturated carbocycles. The summed E-state index contributed by atoms with van der Waals surface area (Å²) in [5, 5.41) is 3.10. The Bertz CT molecular complexity index is 647. The molecule has 0 radical (unpaired) electrons. The van der Waals surface area contributed by atoms with E-state index in [1.165, 1.54) is 12.1 Å². The van der Waals surface area contributed by atoms with E-state index < -0.39 is 0 Å². The number of benzene rings is 1. The zero-order valence-corrected chi connectivity index (χ0v) is 13.0. The van der Waals surface area contributed by atoms with Crippen molar-refractivity contribution < 1.29 is 4.79 Å². The van der Waals surface area contributed by atoms with Gasteiger partial charge in [-0.1, -0.05) is 35.3 Å². The molecule has 1 amide bonds. The van der Waals surface area contributed by atoms with Crippen molar-refractivity contribution in [2.45, 2.75) is 6.92 Å². The Morgan fingerprint density at radius 2 is 2.00 bits per heavy atom. The number of hydrogen-bond acceptors (Lipinski definition) is 2. The molecule has 1 aromatic heterocycles. The van der Waals surface area contributed by atoms with Gasteiger partial charge in [0, 0.05) is 4.47 Å². The quantitative estimate of drug-likeness (QED) is 0.789. The molecule has 0 spiro atoms. The normalized spacial score (nSPS) is 10.3. The third-order valence-electron chi connectivity index (χ3n) is 2.50. The van der Waals surface area contributed by atoms with Crippen molar-refractivity contribution in [3.05, 3.63) is 56.2 Å². The first-order valence-electron chi connectivity index (χ1n) is 5.37. The summed E-state index contributed by atoms with van der Waals surface area (Å²) in [6.07, 6.45) is 0. The molecule has 0 atom stereocenters. The van der Waals surface area contributed by atoms with Crippen LogP contribution in [0.25, 0.3) is 0 Å². The van der Waals surface area contributed by atoms with Gasteiger partial charge in [0.25, 0.3) is 5.91 Å². The Kier molecular flexibility index (Phi) is 4.45. The highest BCUT2D eigenvalue weighted by Crippen LogP contribution is 2.27. The minimum atomic E-state index is -0.333. The van der Waals surface area contributed by atoms with Gasteiger partial charge < -0.3 is 5.32 Å². The molecule has 0 fully saturated rings. The number of carbonyl (C=O) groups excluding carboxylic acids is 1. The number of rotatable bonds is 2. The Balaban J connectivity index is 2.28. The molecule has 1 heterocycles. The molecule has 0 aliphatic rings. The molecule has 1 aromatic carbocycles. The van der Waals surface area contributed by atoms with Gasteiger partial charge >= 0.3 is 0 Å². The molecule has 2 aromatic rings. The topological polar surface area (TPSA) is 42.0 Å². The number of nitrogens with zero attached hydrogens (tertiary/aromatic N) is 1. The van der Waals surface area contributed by atoms with Gasteiger partial charge in [0.2, 0.25) is 0 Å². The predicted octanol–water partition coefficient (Wildman–Crippen LogP) is 4.71. The van der Waals surface area contributed by atoms with Crippen LogP contribution in [0, 0.1) is 6.92 Å². The standard InChI is InChI=1S/C13H9BrCl2N2O/c1-7-3-2-4-9(11(7)14)17-13(19)8-5-6-10(15)18-12(8)16/h2-6H,1H3,(H,17,19). The van der Waals surface area contributed by atoms with E-state index in [0.717, 1.165) is 10.0 Å². The molecule has 0 bridgehead atoms.